The lowest BCUT2D eigenvalue weighted by Gasteiger charge is -2.24. The zero-order valence-electron chi connectivity index (χ0n) is 7.50. The number of hydrogen-bond donors (Lipinski definition) is 2. The van der Waals surface area contributed by atoms with E-state index in [4.69, 9.17) is 15.9 Å². The molecule has 4 nitrogen and oxygen atoms in total. The minimum absolute atomic E-state index is 0.227. The Morgan fingerprint density at radius 2 is 2.46 bits per heavy atom. The van der Waals surface area contributed by atoms with Gasteiger partial charge in [0, 0.05) is 29.0 Å². The highest BCUT2D eigenvalue weighted by atomic mass is 29.7. The Labute approximate surface area is 87.1 Å². The minimum atomic E-state index is -0.455. The smallest absolute Gasteiger partial charge is 0.201 e. The molecule has 1 saturated heterocycles. The molecule has 1 aliphatic heterocycles. The first kappa shape index (κ1) is 11.2. The highest BCUT2D eigenvalue weighted by molar-refractivity contribution is 7.49. The third kappa shape index (κ3) is 3.77. The van der Waals surface area contributed by atoms with Crippen molar-refractivity contribution in [2.24, 2.45) is 16.5 Å². The van der Waals surface area contributed by atoms with E-state index in [1.807, 2.05) is 0 Å². The zero-order chi connectivity index (χ0) is 9.68. The van der Waals surface area contributed by atoms with Gasteiger partial charge in [-0.1, -0.05) is 6.92 Å². The average Bonchev–Trinajstić information content (AvgIpc) is 2.15. The van der Waals surface area contributed by atoms with Gasteiger partial charge in [0.1, 0.15) is 0 Å². The molecule has 1 rings (SSSR count). The summed E-state index contributed by atoms with van der Waals surface area (Å²) in [6.07, 6.45) is 1.97. The first-order chi connectivity index (χ1) is 6.24. The van der Waals surface area contributed by atoms with Crippen molar-refractivity contribution in [1.29, 1.82) is 0 Å². The highest BCUT2D eigenvalue weighted by Gasteiger charge is 2.25. The predicted octanol–water partition coefficient (Wildman–Crippen LogP) is -2.00. The van der Waals surface area contributed by atoms with Gasteiger partial charge in [-0.2, -0.15) is 0 Å². The van der Waals surface area contributed by atoms with Crippen molar-refractivity contribution in [3.8, 4) is 0 Å². The van der Waals surface area contributed by atoms with Crippen molar-refractivity contribution >= 4 is 40.7 Å². The molecule has 69 valence electrons. The van der Waals surface area contributed by atoms with Crippen molar-refractivity contribution in [3.05, 3.63) is 0 Å². The fraction of sp³-hybridized carbons (Fsp3) is 0.800. The van der Waals surface area contributed by atoms with Crippen LogP contribution in [0.4, 0.5) is 0 Å². The van der Waals surface area contributed by atoms with Crippen LogP contribution in [0.3, 0.4) is 0 Å². The third-order valence-corrected chi connectivity index (χ3v) is 16.4. The summed E-state index contributed by atoms with van der Waals surface area (Å²) in [6, 6.07) is 0. The van der Waals surface area contributed by atoms with Crippen LogP contribution in [-0.2, 0) is 4.43 Å². The van der Waals surface area contributed by atoms with Gasteiger partial charge in [0.05, 0.1) is 8.31 Å². The summed E-state index contributed by atoms with van der Waals surface area (Å²) in [7, 11) is 2.36. The maximum absolute atomic E-state index is 5.49. The lowest BCUT2D eigenvalue weighted by Crippen LogP contribution is -2.50. The number of hydrogen-bond acceptors (Lipinski definition) is 2. The van der Waals surface area contributed by atoms with Crippen LogP contribution >= 0.6 is 0 Å². The predicted molar refractivity (Wildman–Crippen MR) is 58.9 cm³/mol. The molecule has 1 heterocycles. The minimum Gasteiger partial charge on any atom is -0.426 e. The molecule has 0 saturated carbocycles. The average molecular weight is 243 g/mol. The Hall–Kier alpha value is 0.0975. The maximum Gasteiger partial charge on any atom is 0.201 e. The summed E-state index contributed by atoms with van der Waals surface area (Å²) in [4.78, 5) is 4.27. The van der Waals surface area contributed by atoms with Gasteiger partial charge in [0.25, 0.3) is 0 Å². The molecule has 0 aromatic carbocycles. The van der Waals surface area contributed by atoms with Gasteiger partial charge < -0.3 is 15.9 Å². The van der Waals surface area contributed by atoms with Gasteiger partial charge in [-0.15, -0.1) is 0 Å². The van der Waals surface area contributed by atoms with Crippen LogP contribution in [0.25, 0.3) is 0 Å². The number of nitrogens with zero attached hydrogens (tertiary/aromatic N) is 1. The van der Waals surface area contributed by atoms with E-state index in [-0.39, 0.29) is 5.96 Å². The molecule has 0 spiro atoms. The van der Waals surface area contributed by atoms with Gasteiger partial charge in [-0.05, 0) is 6.42 Å². The zero-order valence-corrected chi connectivity index (χ0v) is 11.5. The molecule has 1 fully saturated rings. The molecule has 0 bridgehead atoms. The standard InChI is InChI=1S/C5H12N3OSi4/c1-2-4(8-5(6)7)13-3-9-10-11-12-13/h4H,2-3H2,1H3,(H4,6,7,8). The van der Waals surface area contributed by atoms with Gasteiger partial charge in [0.2, 0.25) is 9.28 Å². The van der Waals surface area contributed by atoms with Gasteiger partial charge in [0.15, 0.2) is 5.96 Å². The monoisotopic (exact) mass is 242 g/mol. The molecule has 0 aromatic rings. The summed E-state index contributed by atoms with van der Waals surface area (Å²) in [6.45, 7) is 2.14. The normalized spacial score (nSPS) is 21.0. The molecule has 7 radical (unpaired) electrons. The van der Waals surface area contributed by atoms with Gasteiger partial charge in [-0.3, -0.25) is 4.99 Å². The third-order valence-electron chi connectivity index (χ3n) is 1.67. The maximum atomic E-state index is 5.49. The first-order valence-electron chi connectivity index (χ1n) is 4.06. The summed E-state index contributed by atoms with van der Waals surface area (Å²) in [5, 5.41) is 0. The van der Waals surface area contributed by atoms with E-state index in [9.17, 15) is 0 Å². The van der Waals surface area contributed by atoms with E-state index in [2.05, 4.69) is 11.9 Å². The van der Waals surface area contributed by atoms with E-state index in [0.717, 1.165) is 39.0 Å². The van der Waals surface area contributed by atoms with Gasteiger partial charge in [-0.25, -0.2) is 0 Å². The molecule has 1 atom stereocenters. The topological polar surface area (TPSA) is 73.6 Å². The molecule has 0 amide bonds. The van der Waals surface area contributed by atoms with Crippen molar-refractivity contribution in [2.45, 2.75) is 19.0 Å². The van der Waals surface area contributed by atoms with Crippen LogP contribution in [0.1, 0.15) is 13.3 Å². The Balaban J connectivity index is 2.49. The summed E-state index contributed by atoms with van der Waals surface area (Å²) in [5.41, 5.74) is 11.1. The molecule has 1 aliphatic rings. The second kappa shape index (κ2) is 5.75. The SMILES string of the molecule is CCC(N=C(N)N)[Si]1CO[Si][Si][Si]1. The van der Waals surface area contributed by atoms with Crippen LogP contribution < -0.4 is 11.5 Å². The van der Waals surface area contributed by atoms with E-state index in [1.165, 1.54) is 0 Å². The number of rotatable bonds is 3. The molecule has 1 unspecified atom stereocenters. The Bertz CT molecular complexity index is 181. The van der Waals surface area contributed by atoms with Crippen LogP contribution in [0.15, 0.2) is 4.99 Å². The Morgan fingerprint density at radius 1 is 1.69 bits per heavy atom. The number of aliphatic imine (C=N–C) groups is 1. The lowest BCUT2D eigenvalue weighted by atomic mass is 10.5. The Morgan fingerprint density at radius 3 is 2.92 bits per heavy atom. The van der Waals surface area contributed by atoms with Crippen molar-refractivity contribution in [3.63, 3.8) is 0 Å². The summed E-state index contributed by atoms with van der Waals surface area (Å²) < 4.78 is 5.49. The molecular weight excluding hydrogens is 230 g/mol. The van der Waals surface area contributed by atoms with E-state index in [1.54, 1.807) is 0 Å². The lowest BCUT2D eigenvalue weighted by molar-refractivity contribution is 0.414. The number of nitrogens with two attached hydrogens (primary N) is 2. The Kier molecular flexibility index (Phi) is 4.94. The van der Waals surface area contributed by atoms with Crippen LogP contribution in [-0.4, -0.2) is 52.6 Å². The van der Waals surface area contributed by atoms with Crippen molar-refractivity contribution in [2.75, 3.05) is 6.23 Å². The van der Waals surface area contributed by atoms with Crippen molar-refractivity contribution in [1.82, 2.24) is 0 Å². The van der Waals surface area contributed by atoms with Crippen LogP contribution in [0.5, 0.6) is 0 Å². The fourth-order valence-electron chi connectivity index (χ4n) is 1.07. The molecule has 4 N–H and O–H groups in total. The van der Waals surface area contributed by atoms with Crippen molar-refractivity contribution < 1.29 is 4.43 Å². The molecular formula is C5H12N3OSi4. The quantitative estimate of drug-likeness (QED) is 0.341. The van der Waals surface area contributed by atoms with E-state index in [0.29, 0.717) is 5.67 Å². The second-order valence-corrected chi connectivity index (χ2v) is 14.2. The van der Waals surface area contributed by atoms with Crippen LogP contribution in [0.2, 0.25) is 0 Å². The highest BCUT2D eigenvalue weighted by Crippen LogP contribution is 2.04. The fourth-order valence-corrected chi connectivity index (χ4v) is 17.6. The summed E-state index contributed by atoms with van der Waals surface area (Å²) >= 11 is 0. The van der Waals surface area contributed by atoms with Gasteiger partial charge >= 0.3 is 0 Å². The molecule has 0 aromatic heterocycles. The number of guanidine groups is 1. The molecule has 13 heavy (non-hydrogen) atoms. The van der Waals surface area contributed by atoms with E-state index < -0.39 is 8.31 Å². The molecule has 8 heteroatoms. The second-order valence-electron chi connectivity index (χ2n) is 2.64. The molecule has 0 aliphatic carbocycles. The largest absolute Gasteiger partial charge is 0.426 e. The first-order valence-corrected chi connectivity index (χ1v) is 11.8. The van der Waals surface area contributed by atoms with E-state index >= 15 is 0 Å². The van der Waals surface area contributed by atoms with Crippen LogP contribution in [0, 0.1) is 0 Å². The summed E-state index contributed by atoms with van der Waals surface area (Å²) in [5.74, 6) is 0.227.